The number of fused-ring (bicyclic) bond motifs is 1. The molecule has 2 aromatic carbocycles. The second-order valence-corrected chi connectivity index (χ2v) is 9.79. The van der Waals surface area contributed by atoms with Crippen LogP contribution in [0.5, 0.6) is 0 Å². The molecule has 0 bridgehead atoms. The Morgan fingerprint density at radius 1 is 1.03 bits per heavy atom. The Bertz CT molecular complexity index is 1420. The van der Waals surface area contributed by atoms with Crippen LogP contribution < -0.4 is 5.32 Å². The Hall–Kier alpha value is -3.72. The fourth-order valence-corrected chi connectivity index (χ4v) is 4.27. The quantitative estimate of drug-likeness (QED) is 0.504. The van der Waals surface area contributed by atoms with Crippen LogP contribution in [0.25, 0.3) is 16.8 Å². The summed E-state index contributed by atoms with van der Waals surface area (Å²) in [6, 6.07) is 17.7. The largest absolute Gasteiger partial charge is 0.339 e. The zero-order valence-corrected chi connectivity index (χ0v) is 18.2. The van der Waals surface area contributed by atoms with Gasteiger partial charge in [-0.3, -0.25) is 4.79 Å². The van der Waals surface area contributed by atoms with Crippen LogP contribution in [-0.2, 0) is 9.84 Å². The molecule has 1 saturated heterocycles. The van der Waals surface area contributed by atoms with Crippen molar-refractivity contribution in [2.24, 2.45) is 0 Å². The number of hydrogen-bond acceptors (Lipinski definition) is 6. The summed E-state index contributed by atoms with van der Waals surface area (Å²) in [7, 11) is -3.32. The van der Waals surface area contributed by atoms with Crippen LogP contribution in [0.1, 0.15) is 16.8 Å². The van der Waals surface area contributed by atoms with Crippen molar-refractivity contribution < 1.29 is 13.2 Å². The molecule has 0 spiro atoms. The Morgan fingerprint density at radius 2 is 1.81 bits per heavy atom. The highest BCUT2D eigenvalue weighted by Gasteiger charge is 2.21. The molecule has 1 aliphatic heterocycles. The number of rotatable bonds is 5. The van der Waals surface area contributed by atoms with E-state index in [-0.39, 0.29) is 10.8 Å². The van der Waals surface area contributed by atoms with Crippen LogP contribution in [-0.4, -0.2) is 53.2 Å². The van der Waals surface area contributed by atoms with E-state index >= 15 is 0 Å². The Kier molecular flexibility index (Phi) is 4.90. The summed E-state index contributed by atoms with van der Waals surface area (Å²) < 4.78 is 25.5. The van der Waals surface area contributed by atoms with Crippen molar-refractivity contribution in [2.75, 3.05) is 24.7 Å². The van der Waals surface area contributed by atoms with E-state index < -0.39 is 9.84 Å². The van der Waals surface area contributed by atoms with E-state index in [1.54, 1.807) is 41.0 Å². The molecule has 1 amide bonds. The number of nitrogens with one attached hydrogen (secondary N) is 1. The van der Waals surface area contributed by atoms with E-state index in [2.05, 4.69) is 15.4 Å². The average Bonchev–Trinajstić information content (AvgIpc) is 3.15. The van der Waals surface area contributed by atoms with Crippen molar-refractivity contribution in [1.82, 2.24) is 19.5 Å². The second kappa shape index (κ2) is 7.76. The third-order valence-corrected chi connectivity index (χ3v) is 6.58. The molecule has 2 aromatic heterocycles. The van der Waals surface area contributed by atoms with Crippen molar-refractivity contribution in [1.29, 1.82) is 0 Å². The normalized spacial score (nSPS) is 13.7. The van der Waals surface area contributed by atoms with E-state index in [1.807, 2.05) is 35.2 Å². The zero-order valence-electron chi connectivity index (χ0n) is 17.4. The number of carbonyl (C=O) groups excluding carboxylic acids is 1. The molecule has 5 rings (SSSR count). The number of nitrogens with zero attached hydrogens (tertiary/aromatic N) is 4. The Morgan fingerprint density at radius 3 is 2.50 bits per heavy atom. The molecule has 1 aliphatic rings. The maximum Gasteiger partial charge on any atom is 0.253 e. The van der Waals surface area contributed by atoms with Gasteiger partial charge in [0.1, 0.15) is 0 Å². The Balaban J connectivity index is 1.43. The fourth-order valence-electron chi connectivity index (χ4n) is 3.61. The number of carbonyl (C=O) groups is 1. The van der Waals surface area contributed by atoms with Crippen molar-refractivity contribution in [3.05, 3.63) is 72.4 Å². The van der Waals surface area contributed by atoms with Gasteiger partial charge in [-0.2, -0.15) is 4.98 Å². The van der Waals surface area contributed by atoms with E-state index in [0.717, 1.165) is 36.3 Å². The number of hydrogen-bond donors (Lipinski definition) is 1. The average molecular weight is 448 g/mol. The molecule has 162 valence electrons. The maximum absolute atomic E-state index is 12.3. The van der Waals surface area contributed by atoms with Gasteiger partial charge in [-0.1, -0.05) is 12.1 Å². The lowest BCUT2D eigenvalue weighted by Crippen LogP contribution is -2.41. The first-order valence-electron chi connectivity index (χ1n) is 10.2. The van der Waals surface area contributed by atoms with Gasteiger partial charge in [-0.05, 0) is 60.5 Å². The number of pyridine rings is 1. The third-order valence-electron chi connectivity index (χ3n) is 5.47. The fraction of sp³-hybridized carbons (Fsp3) is 0.174. The number of sulfone groups is 1. The van der Waals surface area contributed by atoms with Crippen LogP contribution in [0.2, 0.25) is 0 Å². The molecule has 1 N–H and O–H groups in total. The molecule has 0 atom stereocenters. The SMILES string of the molecule is CS(=O)(=O)c1cccc(-c2cccn3nc(Nc4ccc(C(=O)N5CCC5)cc4)nc23)c1. The molecular weight excluding hydrogens is 426 g/mol. The minimum absolute atomic E-state index is 0.0506. The van der Waals surface area contributed by atoms with Crippen molar-refractivity contribution in [2.45, 2.75) is 11.3 Å². The van der Waals surface area contributed by atoms with Crippen molar-refractivity contribution >= 4 is 33.0 Å². The highest BCUT2D eigenvalue weighted by Crippen LogP contribution is 2.27. The van der Waals surface area contributed by atoms with E-state index in [0.29, 0.717) is 17.2 Å². The molecule has 3 heterocycles. The predicted octanol–water partition coefficient (Wildman–Crippen LogP) is 3.39. The summed E-state index contributed by atoms with van der Waals surface area (Å²) in [5.41, 5.74) is 3.54. The number of aromatic nitrogens is 3. The molecule has 9 heteroatoms. The maximum atomic E-state index is 12.3. The van der Waals surface area contributed by atoms with Crippen molar-refractivity contribution in [3.63, 3.8) is 0 Å². The highest BCUT2D eigenvalue weighted by molar-refractivity contribution is 7.90. The first kappa shape index (κ1) is 20.2. The monoisotopic (exact) mass is 447 g/mol. The summed E-state index contributed by atoms with van der Waals surface area (Å²) in [4.78, 5) is 19.0. The van der Waals surface area contributed by atoms with E-state index in [1.165, 1.54) is 6.26 Å². The summed E-state index contributed by atoms with van der Waals surface area (Å²) in [5, 5.41) is 7.64. The van der Waals surface area contributed by atoms with E-state index in [9.17, 15) is 13.2 Å². The van der Waals surface area contributed by atoms with Crippen molar-refractivity contribution in [3.8, 4) is 11.1 Å². The lowest BCUT2D eigenvalue weighted by molar-refractivity contribution is 0.0652. The highest BCUT2D eigenvalue weighted by atomic mass is 32.2. The van der Waals surface area contributed by atoms with Gasteiger partial charge in [-0.25, -0.2) is 12.9 Å². The van der Waals surface area contributed by atoms with Gasteiger partial charge in [0.2, 0.25) is 5.95 Å². The predicted molar refractivity (Wildman–Crippen MR) is 122 cm³/mol. The lowest BCUT2D eigenvalue weighted by Gasteiger charge is -2.30. The van der Waals surface area contributed by atoms with Gasteiger partial charge in [0, 0.05) is 42.4 Å². The lowest BCUT2D eigenvalue weighted by atomic mass is 10.1. The molecule has 0 unspecified atom stereocenters. The molecule has 0 aliphatic carbocycles. The minimum atomic E-state index is -3.32. The number of benzene rings is 2. The molecule has 4 aromatic rings. The van der Waals surface area contributed by atoms with Gasteiger partial charge in [0.15, 0.2) is 15.5 Å². The second-order valence-electron chi connectivity index (χ2n) is 7.77. The first-order chi connectivity index (χ1) is 15.4. The topological polar surface area (TPSA) is 96.7 Å². The van der Waals surface area contributed by atoms with Crippen LogP contribution in [0.3, 0.4) is 0 Å². The molecule has 0 radical (unpaired) electrons. The molecule has 1 fully saturated rings. The first-order valence-corrected chi connectivity index (χ1v) is 12.1. The third kappa shape index (κ3) is 3.82. The molecule has 0 saturated carbocycles. The molecule has 8 nitrogen and oxygen atoms in total. The van der Waals surface area contributed by atoms with Crippen LogP contribution in [0.4, 0.5) is 11.6 Å². The van der Waals surface area contributed by atoms with Crippen LogP contribution in [0.15, 0.2) is 71.8 Å². The Labute approximate surface area is 185 Å². The van der Waals surface area contributed by atoms with Gasteiger partial charge >= 0.3 is 0 Å². The zero-order chi connectivity index (χ0) is 22.3. The van der Waals surface area contributed by atoms with Gasteiger partial charge in [0.05, 0.1) is 4.90 Å². The molecular formula is C23H21N5O3S. The van der Waals surface area contributed by atoms with Gasteiger partial charge in [-0.15, -0.1) is 5.10 Å². The standard InChI is InChI=1S/C23H21N5O3S/c1-32(30,31)19-6-2-5-17(15-19)20-7-3-14-28-21(20)25-23(26-28)24-18-10-8-16(9-11-18)22(29)27-12-4-13-27/h2-3,5-11,14-15H,4,12-13H2,1H3,(H,24,26). The van der Waals surface area contributed by atoms with E-state index in [4.69, 9.17) is 0 Å². The summed E-state index contributed by atoms with van der Waals surface area (Å²) in [5.74, 6) is 0.452. The summed E-state index contributed by atoms with van der Waals surface area (Å²) in [6.07, 6.45) is 4.03. The number of anilines is 2. The van der Waals surface area contributed by atoms with Crippen LogP contribution >= 0.6 is 0 Å². The smallest absolute Gasteiger partial charge is 0.253 e. The van der Waals surface area contributed by atoms with Crippen LogP contribution in [0, 0.1) is 0 Å². The molecule has 32 heavy (non-hydrogen) atoms. The van der Waals surface area contributed by atoms with Gasteiger partial charge in [0.25, 0.3) is 5.91 Å². The minimum Gasteiger partial charge on any atom is -0.339 e. The summed E-state index contributed by atoms with van der Waals surface area (Å²) >= 11 is 0. The number of likely N-dealkylation sites (tertiary alicyclic amines) is 1. The summed E-state index contributed by atoms with van der Waals surface area (Å²) in [6.45, 7) is 1.64. The number of amides is 1. The van der Waals surface area contributed by atoms with Gasteiger partial charge < -0.3 is 10.2 Å².